The number of amides is 2. The van der Waals surface area contributed by atoms with Gasteiger partial charge in [0.05, 0.1) is 19.4 Å². The maximum atomic E-state index is 12.9. The molecular weight excluding hydrogens is 396 g/mol. The number of ether oxygens (including phenoxy) is 2. The Bertz CT molecular complexity index is 980. The summed E-state index contributed by atoms with van der Waals surface area (Å²) in [6, 6.07) is 13.8. The van der Waals surface area contributed by atoms with Gasteiger partial charge in [-0.25, -0.2) is 0 Å². The normalized spacial score (nSPS) is 19.5. The van der Waals surface area contributed by atoms with E-state index in [0.717, 1.165) is 32.1 Å². The monoisotopic (exact) mass is 422 g/mol. The van der Waals surface area contributed by atoms with E-state index in [0.29, 0.717) is 22.7 Å². The summed E-state index contributed by atoms with van der Waals surface area (Å²) in [4.78, 5) is 37.4. The average molecular weight is 422 g/mol. The van der Waals surface area contributed by atoms with Crippen molar-refractivity contribution in [3.8, 4) is 5.75 Å². The SMILES string of the molecule is COc1cccc(NC(=O)c2ccc(NC(=O)[C@H]3CC(=O)OC34CCCCC4)cc2)c1. The zero-order valence-corrected chi connectivity index (χ0v) is 17.5. The third kappa shape index (κ3) is 4.55. The van der Waals surface area contributed by atoms with Gasteiger partial charge < -0.3 is 20.1 Å². The first-order valence-corrected chi connectivity index (χ1v) is 10.6. The third-order valence-corrected chi connectivity index (χ3v) is 6.08. The van der Waals surface area contributed by atoms with Gasteiger partial charge >= 0.3 is 5.97 Å². The lowest BCUT2D eigenvalue weighted by Crippen LogP contribution is -2.43. The van der Waals surface area contributed by atoms with Gasteiger partial charge in [0.1, 0.15) is 11.4 Å². The molecule has 2 aromatic carbocycles. The second kappa shape index (κ2) is 8.79. The number of hydrogen-bond acceptors (Lipinski definition) is 5. The van der Waals surface area contributed by atoms with Gasteiger partial charge in [-0.05, 0) is 62.1 Å². The molecule has 1 saturated carbocycles. The minimum Gasteiger partial charge on any atom is -0.497 e. The van der Waals surface area contributed by atoms with Crippen molar-refractivity contribution >= 4 is 29.2 Å². The van der Waals surface area contributed by atoms with Crippen molar-refractivity contribution in [2.75, 3.05) is 17.7 Å². The van der Waals surface area contributed by atoms with Crippen molar-refractivity contribution in [3.63, 3.8) is 0 Å². The number of hydrogen-bond donors (Lipinski definition) is 2. The molecule has 2 N–H and O–H groups in total. The smallest absolute Gasteiger partial charge is 0.307 e. The minimum atomic E-state index is -0.657. The van der Waals surface area contributed by atoms with Crippen LogP contribution in [0.5, 0.6) is 5.75 Å². The second-order valence-electron chi connectivity index (χ2n) is 8.11. The molecule has 1 spiro atoms. The molecule has 1 atom stereocenters. The molecule has 1 aliphatic heterocycles. The number of carbonyl (C=O) groups excluding carboxylic acids is 3. The lowest BCUT2D eigenvalue weighted by molar-refractivity contribution is -0.153. The van der Waals surface area contributed by atoms with Crippen LogP contribution in [0.15, 0.2) is 48.5 Å². The van der Waals surface area contributed by atoms with E-state index in [4.69, 9.17) is 9.47 Å². The van der Waals surface area contributed by atoms with Crippen LogP contribution >= 0.6 is 0 Å². The van der Waals surface area contributed by atoms with Gasteiger partial charge in [0.2, 0.25) is 5.91 Å². The zero-order valence-electron chi connectivity index (χ0n) is 17.5. The standard InChI is InChI=1S/C24H26N2O5/c1-30-19-7-5-6-18(14-19)26-22(28)16-8-10-17(11-9-16)25-23(29)20-15-21(27)31-24(20)12-3-2-4-13-24/h5-11,14,20H,2-4,12-13,15H2,1H3,(H,25,29)(H,26,28)/t20-/m1/s1. The van der Waals surface area contributed by atoms with Crippen LogP contribution in [-0.4, -0.2) is 30.5 Å². The van der Waals surface area contributed by atoms with E-state index < -0.39 is 11.5 Å². The Morgan fingerprint density at radius 3 is 2.45 bits per heavy atom. The number of anilines is 2. The molecule has 0 unspecified atom stereocenters. The molecule has 31 heavy (non-hydrogen) atoms. The predicted octanol–water partition coefficient (Wildman–Crippen LogP) is 4.15. The fourth-order valence-corrected chi connectivity index (χ4v) is 4.46. The Balaban J connectivity index is 1.40. The van der Waals surface area contributed by atoms with E-state index in [-0.39, 0.29) is 24.2 Å². The Morgan fingerprint density at radius 2 is 1.74 bits per heavy atom. The number of esters is 1. The van der Waals surface area contributed by atoms with E-state index >= 15 is 0 Å². The third-order valence-electron chi connectivity index (χ3n) is 6.08. The Labute approximate surface area is 181 Å². The van der Waals surface area contributed by atoms with E-state index in [1.807, 2.05) is 0 Å². The Kier molecular flexibility index (Phi) is 5.93. The zero-order chi connectivity index (χ0) is 21.8. The molecule has 7 heteroatoms. The number of rotatable bonds is 5. The van der Waals surface area contributed by atoms with Crippen LogP contribution in [0, 0.1) is 5.92 Å². The van der Waals surface area contributed by atoms with Gasteiger partial charge in [0.25, 0.3) is 5.91 Å². The maximum absolute atomic E-state index is 12.9. The van der Waals surface area contributed by atoms with Crippen LogP contribution in [-0.2, 0) is 14.3 Å². The van der Waals surface area contributed by atoms with Crippen molar-refractivity contribution in [1.29, 1.82) is 0 Å². The first-order chi connectivity index (χ1) is 15.0. The fraction of sp³-hybridized carbons (Fsp3) is 0.375. The minimum absolute atomic E-state index is 0.118. The number of methoxy groups -OCH3 is 1. The summed E-state index contributed by atoms with van der Waals surface area (Å²) in [7, 11) is 1.57. The van der Waals surface area contributed by atoms with Gasteiger partial charge in [-0.1, -0.05) is 12.5 Å². The summed E-state index contributed by atoms with van der Waals surface area (Å²) in [5.74, 6) is -0.590. The van der Waals surface area contributed by atoms with Crippen LogP contribution in [0.2, 0.25) is 0 Å². The Morgan fingerprint density at radius 1 is 1.00 bits per heavy atom. The highest BCUT2D eigenvalue weighted by Crippen LogP contribution is 2.44. The molecule has 7 nitrogen and oxygen atoms in total. The first-order valence-electron chi connectivity index (χ1n) is 10.6. The van der Waals surface area contributed by atoms with E-state index in [9.17, 15) is 14.4 Å². The van der Waals surface area contributed by atoms with E-state index in [2.05, 4.69) is 10.6 Å². The van der Waals surface area contributed by atoms with Crippen LogP contribution < -0.4 is 15.4 Å². The number of carbonyl (C=O) groups is 3. The molecule has 2 aliphatic rings. The average Bonchev–Trinajstić information content (AvgIpc) is 3.10. The fourth-order valence-electron chi connectivity index (χ4n) is 4.46. The van der Waals surface area contributed by atoms with Crippen molar-refractivity contribution < 1.29 is 23.9 Å². The summed E-state index contributed by atoms with van der Waals surface area (Å²) in [5.41, 5.74) is 1.01. The Hall–Kier alpha value is -3.35. The highest BCUT2D eigenvalue weighted by Gasteiger charge is 2.52. The molecule has 0 bridgehead atoms. The molecule has 4 rings (SSSR count). The van der Waals surface area contributed by atoms with Crippen molar-refractivity contribution in [2.24, 2.45) is 5.92 Å². The number of benzene rings is 2. The van der Waals surface area contributed by atoms with Gasteiger partial charge in [0, 0.05) is 23.0 Å². The summed E-state index contributed by atoms with van der Waals surface area (Å²) in [5, 5.41) is 5.71. The van der Waals surface area contributed by atoms with Crippen LogP contribution in [0.1, 0.15) is 48.9 Å². The number of nitrogens with one attached hydrogen (secondary N) is 2. The van der Waals surface area contributed by atoms with Crippen molar-refractivity contribution in [3.05, 3.63) is 54.1 Å². The topological polar surface area (TPSA) is 93.7 Å². The highest BCUT2D eigenvalue weighted by atomic mass is 16.6. The van der Waals surface area contributed by atoms with Gasteiger partial charge in [-0.2, -0.15) is 0 Å². The molecule has 0 aromatic heterocycles. The second-order valence-corrected chi connectivity index (χ2v) is 8.11. The van der Waals surface area contributed by atoms with Crippen LogP contribution in [0.3, 0.4) is 0 Å². The molecule has 1 heterocycles. The van der Waals surface area contributed by atoms with Crippen molar-refractivity contribution in [2.45, 2.75) is 44.1 Å². The lowest BCUT2D eigenvalue weighted by Gasteiger charge is -2.36. The summed E-state index contributed by atoms with van der Waals surface area (Å²) >= 11 is 0. The highest BCUT2D eigenvalue weighted by molar-refractivity contribution is 6.05. The molecule has 2 fully saturated rings. The largest absolute Gasteiger partial charge is 0.497 e. The van der Waals surface area contributed by atoms with Crippen LogP contribution in [0.25, 0.3) is 0 Å². The van der Waals surface area contributed by atoms with Gasteiger partial charge in [0.15, 0.2) is 0 Å². The van der Waals surface area contributed by atoms with E-state index in [1.54, 1.807) is 55.6 Å². The van der Waals surface area contributed by atoms with Crippen molar-refractivity contribution in [1.82, 2.24) is 0 Å². The van der Waals surface area contributed by atoms with Gasteiger partial charge in [-0.15, -0.1) is 0 Å². The summed E-state index contributed by atoms with van der Waals surface area (Å²) in [6.07, 6.45) is 4.63. The first kappa shape index (κ1) is 20.9. The molecule has 162 valence electrons. The summed E-state index contributed by atoms with van der Waals surface area (Å²) in [6.45, 7) is 0. The van der Waals surface area contributed by atoms with Gasteiger partial charge in [-0.3, -0.25) is 14.4 Å². The van der Waals surface area contributed by atoms with E-state index in [1.165, 1.54) is 0 Å². The molecule has 2 amide bonds. The molecular formula is C24H26N2O5. The summed E-state index contributed by atoms with van der Waals surface area (Å²) < 4.78 is 10.8. The van der Waals surface area contributed by atoms with Crippen LogP contribution in [0.4, 0.5) is 11.4 Å². The quantitative estimate of drug-likeness (QED) is 0.706. The maximum Gasteiger partial charge on any atom is 0.307 e. The molecule has 1 aliphatic carbocycles. The molecule has 0 radical (unpaired) electrons. The molecule has 1 saturated heterocycles. The molecule has 2 aromatic rings. The lowest BCUT2D eigenvalue weighted by atomic mass is 9.75. The predicted molar refractivity (Wildman–Crippen MR) is 116 cm³/mol.